The van der Waals surface area contributed by atoms with Crippen molar-refractivity contribution in [2.24, 2.45) is 0 Å². The van der Waals surface area contributed by atoms with E-state index in [9.17, 15) is 10.1 Å². The van der Waals surface area contributed by atoms with Gasteiger partial charge in [-0.1, -0.05) is 24.3 Å². The summed E-state index contributed by atoms with van der Waals surface area (Å²) in [5.41, 5.74) is 4.11. The first-order valence-corrected chi connectivity index (χ1v) is 7.32. The van der Waals surface area contributed by atoms with E-state index >= 15 is 0 Å². The van der Waals surface area contributed by atoms with Crippen LogP contribution in [0.25, 0.3) is 0 Å². The largest absolute Gasteiger partial charge is 0.488 e. The predicted molar refractivity (Wildman–Crippen MR) is 85.8 cm³/mol. The van der Waals surface area contributed by atoms with Crippen LogP contribution in [0.1, 0.15) is 22.3 Å². The maximum absolute atomic E-state index is 10.9. The second-order valence-corrected chi connectivity index (χ2v) is 5.74. The van der Waals surface area contributed by atoms with Crippen molar-refractivity contribution >= 4 is 21.6 Å². The zero-order valence-corrected chi connectivity index (χ0v) is 13.7. The van der Waals surface area contributed by atoms with E-state index in [2.05, 4.69) is 22.0 Å². The average Bonchev–Trinajstić information content (AvgIpc) is 2.44. The Morgan fingerprint density at radius 3 is 2.48 bits per heavy atom. The summed E-state index contributed by atoms with van der Waals surface area (Å²) < 4.78 is 6.37. The molecule has 21 heavy (non-hydrogen) atoms. The topological polar surface area (TPSA) is 52.4 Å². The van der Waals surface area contributed by atoms with E-state index in [-0.39, 0.29) is 12.3 Å². The van der Waals surface area contributed by atoms with Crippen molar-refractivity contribution in [1.82, 2.24) is 0 Å². The molecule has 0 unspecified atom stereocenters. The first-order valence-electron chi connectivity index (χ1n) is 6.53. The minimum atomic E-state index is -0.406. The second kappa shape index (κ2) is 6.26. The quantitative estimate of drug-likeness (QED) is 0.584. The molecule has 0 atom stereocenters. The average molecular weight is 350 g/mol. The maximum Gasteiger partial charge on any atom is 0.283 e. The SMILES string of the molecule is Cc1ccc(C)c(OCc2cccc([N+](=O)[O-])c2Br)c1C. The molecule has 2 aromatic rings. The van der Waals surface area contributed by atoms with Crippen molar-refractivity contribution in [3.63, 3.8) is 0 Å². The zero-order chi connectivity index (χ0) is 15.6. The van der Waals surface area contributed by atoms with Crippen LogP contribution in [0.5, 0.6) is 5.75 Å². The van der Waals surface area contributed by atoms with Gasteiger partial charge in [0.15, 0.2) is 0 Å². The van der Waals surface area contributed by atoms with Crippen molar-refractivity contribution in [2.75, 3.05) is 0 Å². The van der Waals surface area contributed by atoms with E-state index < -0.39 is 4.92 Å². The normalized spacial score (nSPS) is 10.5. The molecule has 0 saturated heterocycles. The summed E-state index contributed by atoms with van der Waals surface area (Å²) in [6, 6.07) is 9.02. The molecule has 0 amide bonds. The summed E-state index contributed by atoms with van der Waals surface area (Å²) >= 11 is 3.29. The second-order valence-electron chi connectivity index (χ2n) is 4.95. The van der Waals surface area contributed by atoms with Crippen LogP contribution in [0.3, 0.4) is 0 Å². The van der Waals surface area contributed by atoms with Crippen molar-refractivity contribution < 1.29 is 9.66 Å². The maximum atomic E-state index is 10.9. The molecule has 5 heteroatoms. The van der Waals surface area contributed by atoms with E-state index in [0.717, 1.165) is 28.0 Å². The van der Waals surface area contributed by atoms with E-state index in [0.29, 0.717) is 4.47 Å². The Morgan fingerprint density at radius 1 is 1.14 bits per heavy atom. The van der Waals surface area contributed by atoms with Gasteiger partial charge in [0.1, 0.15) is 16.8 Å². The molecule has 0 aromatic heterocycles. The lowest BCUT2D eigenvalue weighted by Crippen LogP contribution is -2.02. The fourth-order valence-electron chi connectivity index (χ4n) is 2.12. The highest BCUT2D eigenvalue weighted by Gasteiger charge is 2.15. The van der Waals surface area contributed by atoms with Crippen LogP contribution < -0.4 is 4.74 Å². The van der Waals surface area contributed by atoms with Crippen molar-refractivity contribution in [1.29, 1.82) is 0 Å². The summed E-state index contributed by atoms with van der Waals surface area (Å²) in [7, 11) is 0. The van der Waals surface area contributed by atoms with E-state index in [4.69, 9.17) is 4.74 Å². The lowest BCUT2D eigenvalue weighted by molar-refractivity contribution is -0.385. The Balaban J connectivity index is 2.27. The smallest absolute Gasteiger partial charge is 0.283 e. The third kappa shape index (κ3) is 3.24. The van der Waals surface area contributed by atoms with E-state index in [1.807, 2.05) is 32.9 Å². The summed E-state index contributed by atoms with van der Waals surface area (Å²) in [5.74, 6) is 0.841. The third-order valence-corrected chi connectivity index (χ3v) is 4.42. The highest BCUT2D eigenvalue weighted by molar-refractivity contribution is 9.10. The Morgan fingerprint density at radius 2 is 1.81 bits per heavy atom. The number of nitro benzene ring substituents is 1. The van der Waals surface area contributed by atoms with Crippen LogP contribution in [0, 0.1) is 30.9 Å². The lowest BCUT2D eigenvalue weighted by Gasteiger charge is -2.14. The van der Waals surface area contributed by atoms with E-state index in [1.165, 1.54) is 6.07 Å². The number of rotatable bonds is 4. The molecule has 4 nitrogen and oxygen atoms in total. The number of benzene rings is 2. The fourth-order valence-corrected chi connectivity index (χ4v) is 2.64. The summed E-state index contributed by atoms with van der Waals surface area (Å²) in [6.45, 7) is 6.32. The van der Waals surface area contributed by atoms with Crippen LogP contribution >= 0.6 is 15.9 Å². The number of aryl methyl sites for hydroxylation is 2. The summed E-state index contributed by atoms with van der Waals surface area (Å²) in [6.07, 6.45) is 0. The molecule has 0 bridgehead atoms. The third-order valence-electron chi connectivity index (χ3n) is 3.50. The number of hydrogen-bond acceptors (Lipinski definition) is 3. The van der Waals surface area contributed by atoms with Gasteiger partial charge in [-0.25, -0.2) is 0 Å². The highest BCUT2D eigenvalue weighted by atomic mass is 79.9. The molecule has 0 heterocycles. The molecule has 0 spiro atoms. The minimum Gasteiger partial charge on any atom is -0.488 e. The highest BCUT2D eigenvalue weighted by Crippen LogP contribution is 2.31. The number of nitrogens with zero attached hydrogens (tertiary/aromatic N) is 1. The number of nitro groups is 1. The summed E-state index contributed by atoms with van der Waals surface area (Å²) in [5, 5.41) is 10.9. The molecule has 2 aromatic carbocycles. The molecular formula is C16H16BrNO3. The predicted octanol–water partition coefficient (Wildman–Crippen LogP) is 4.86. The Labute approximate surface area is 132 Å². The number of ether oxygens (including phenoxy) is 1. The van der Waals surface area contributed by atoms with Gasteiger partial charge in [0, 0.05) is 11.6 Å². The Kier molecular flexibility index (Phi) is 4.63. The van der Waals surface area contributed by atoms with Crippen LogP contribution in [-0.4, -0.2) is 4.92 Å². The zero-order valence-electron chi connectivity index (χ0n) is 12.1. The van der Waals surface area contributed by atoms with Crippen LogP contribution in [0.2, 0.25) is 0 Å². The standard InChI is InChI=1S/C16H16BrNO3/c1-10-7-8-11(2)16(12(10)3)21-9-13-5-4-6-14(15(13)17)18(19)20/h4-8H,9H2,1-3H3. The monoisotopic (exact) mass is 349 g/mol. The molecule has 0 radical (unpaired) electrons. The van der Waals surface area contributed by atoms with E-state index in [1.54, 1.807) is 6.07 Å². The molecule has 0 aliphatic heterocycles. The fraction of sp³-hybridized carbons (Fsp3) is 0.250. The number of halogens is 1. The Hall–Kier alpha value is -1.88. The lowest BCUT2D eigenvalue weighted by atomic mass is 10.1. The van der Waals surface area contributed by atoms with Gasteiger partial charge in [0.05, 0.1) is 4.92 Å². The Bertz CT molecular complexity index is 698. The minimum absolute atomic E-state index is 0.0498. The van der Waals surface area contributed by atoms with Gasteiger partial charge in [-0.15, -0.1) is 0 Å². The van der Waals surface area contributed by atoms with Gasteiger partial charge >= 0.3 is 0 Å². The first-order chi connectivity index (χ1) is 9.91. The molecule has 0 saturated carbocycles. The number of hydrogen-bond donors (Lipinski definition) is 0. The van der Waals surface area contributed by atoms with Gasteiger partial charge in [-0.05, 0) is 53.4 Å². The van der Waals surface area contributed by atoms with Gasteiger partial charge in [0.2, 0.25) is 0 Å². The molecule has 0 aliphatic carbocycles. The molecule has 0 N–H and O–H groups in total. The van der Waals surface area contributed by atoms with Crippen LogP contribution in [0.4, 0.5) is 5.69 Å². The van der Waals surface area contributed by atoms with Gasteiger partial charge in [-0.3, -0.25) is 10.1 Å². The van der Waals surface area contributed by atoms with Crippen molar-refractivity contribution in [3.8, 4) is 5.75 Å². The molecule has 110 valence electrons. The van der Waals surface area contributed by atoms with Crippen molar-refractivity contribution in [3.05, 3.63) is 67.2 Å². The van der Waals surface area contributed by atoms with Crippen LogP contribution in [-0.2, 0) is 6.61 Å². The molecule has 0 aliphatic rings. The van der Waals surface area contributed by atoms with Crippen molar-refractivity contribution in [2.45, 2.75) is 27.4 Å². The van der Waals surface area contributed by atoms with Gasteiger partial charge in [-0.2, -0.15) is 0 Å². The van der Waals surface area contributed by atoms with Crippen LogP contribution in [0.15, 0.2) is 34.8 Å². The molecule has 2 rings (SSSR count). The molecular weight excluding hydrogens is 334 g/mol. The first kappa shape index (κ1) is 15.5. The van der Waals surface area contributed by atoms with Gasteiger partial charge < -0.3 is 4.74 Å². The molecule has 0 fully saturated rings. The van der Waals surface area contributed by atoms with Gasteiger partial charge in [0.25, 0.3) is 5.69 Å². The summed E-state index contributed by atoms with van der Waals surface area (Å²) in [4.78, 5) is 10.5.